The molecule has 0 heterocycles. The van der Waals surface area contributed by atoms with Crippen molar-refractivity contribution >= 4 is 17.7 Å². The van der Waals surface area contributed by atoms with Gasteiger partial charge in [0, 0.05) is 5.75 Å². The van der Waals surface area contributed by atoms with Gasteiger partial charge < -0.3 is 14.8 Å². The van der Waals surface area contributed by atoms with E-state index in [-0.39, 0.29) is 11.9 Å². The van der Waals surface area contributed by atoms with Crippen LogP contribution in [0.25, 0.3) is 0 Å². The van der Waals surface area contributed by atoms with Crippen molar-refractivity contribution in [3.63, 3.8) is 0 Å². The summed E-state index contributed by atoms with van der Waals surface area (Å²) >= 11 is 1.61. The van der Waals surface area contributed by atoms with Crippen molar-refractivity contribution in [1.29, 1.82) is 0 Å². The van der Waals surface area contributed by atoms with Crippen LogP contribution in [0.2, 0.25) is 0 Å². The molecule has 1 unspecified atom stereocenters. The second-order valence-corrected chi connectivity index (χ2v) is 6.37. The average Bonchev–Trinajstić information content (AvgIpc) is 2.61. The summed E-state index contributed by atoms with van der Waals surface area (Å²) in [6.45, 7) is 1.96. The number of nitrogens with one attached hydrogen (secondary N) is 1. The predicted octanol–water partition coefficient (Wildman–Crippen LogP) is 3.81. The Bertz CT molecular complexity index is 661. The van der Waals surface area contributed by atoms with Gasteiger partial charge in [-0.2, -0.15) is 0 Å². The van der Waals surface area contributed by atoms with E-state index in [1.165, 1.54) is 5.56 Å². The van der Waals surface area contributed by atoms with Gasteiger partial charge in [-0.05, 0) is 30.2 Å². The molecule has 1 amide bonds. The summed E-state index contributed by atoms with van der Waals surface area (Å²) in [7, 11) is 3.21. The molecule has 0 saturated carbocycles. The van der Waals surface area contributed by atoms with E-state index in [0.717, 1.165) is 11.3 Å². The first-order chi connectivity index (χ1) is 11.6. The van der Waals surface area contributed by atoms with Crippen LogP contribution in [0.15, 0.2) is 48.5 Å². The van der Waals surface area contributed by atoms with Crippen molar-refractivity contribution in [2.75, 3.05) is 20.0 Å². The molecule has 1 atom stereocenters. The van der Waals surface area contributed by atoms with Gasteiger partial charge in [0.1, 0.15) is 0 Å². The number of methoxy groups -OCH3 is 2. The molecule has 0 fully saturated rings. The molecule has 128 valence electrons. The Balaban J connectivity index is 1.85. The molecule has 0 aliphatic heterocycles. The van der Waals surface area contributed by atoms with Gasteiger partial charge in [-0.15, -0.1) is 11.8 Å². The van der Waals surface area contributed by atoms with Crippen LogP contribution in [0.3, 0.4) is 0 Å². The molecule has 0 bridgehead atoms. The minimum Gasteiger partial charge on any atom is -0.493 e. The van der Waals surface area contributed by atoms with Crippen LogP contribution in [-0.2, 0) is 10.5 Å². The number of ether oxygens (including phenoxy) is 2. The fourth-order valence-electron chi connectivity index (χ4n) is 2.32. The lowest BCUT2D eigenvalue weighted by atomic mass is 10.1. The van der Waals surface area contributed by atoms with Crippen LogP contribution >= 0.6 is 11.8 Å². The van der Waals surface area contributed by atoms with Crippen molar-refractivity contribution in [1.82, 2.24) is 5.32 Å². The molecule has 0 radical (unpaired) electrons. The molecule has 0 aliphatic rings. The summed E-state index contributed by atoms with van der Waals surface area (Å²) < 4.78 is 10.5. The van der Waals surface area contributed by atoms with E-state index in [1.54, 1.807) is 26.0 Å². The van der Waals surface area contributed by atoms with Crippen molar-refractivity contribution < 1.29 is 14.3 Å². The first-order valence-corrected chi connectivity index (χ1v) is 8.92. The molecule has 0 aliphatic carbocycles. The van der Waals surface area contributed by atoms with E-state index >= 15 is 0 Å². The number of hydrogen-bond donors (Lipinski definition) is 1. The average molecular weight is 345 g/mol. The second kappa shape index (κ2) is 9.23. The van der Waals surface area contributed by atoms with Crippen LogP contribution in [-0.4, -0.2) is 25.9 Å². The normalized spacial score (nSPS) is 11.6. The maximum absolute atomic E-state index is 12.1. The minimum absolute atomic E-state index is 0.0261. The van der Waals surface area contributed by atoms with Gasteiger partial charge in [0.25, 0.3) is 0 Å². The highest BCUT2D eigenvalue weighted by atomic mass is 32.2. The van der Waals surface area contributed by atoms with Gasteiger partial charge in [-0.1, -0.05) is 36.4 Å². The predicted molar refractivity (Wildman–Crippen MR) is 98.7 cm³/mol. The van der Waals surface area contributed by atoms with Crippen molar-refractivity contribution in [2.24, 2.45) is 0 Å². The molecule has 2 aromatic carbocycles. The number of benzene rings is 2. The fourth-order valence-corrected chi connectivity index (χ4v) is 3.12. The number of rotatable bonds is 8. The number of thioether (sulfide) groups is 1. The molecule has 2 aromatic rings. The lowest BCUT2D eigenvalue weighted by Crippen LogP contribution is -2.28. The monoisotopic (exact) mass is 345 g/mol. The Morgan fingerprint density at radius 2 is 1.79 bits per heavy atom. The largest absolute Gasteiger partial charge is 0.493 e. The van der Waals surface area contributed by atoms with Gasteiger partial charge in [0.15, 0.2) is 11.5 Å². The fraction of sp³-hybridized carbons (Fsp3) is 0.316. The van der Waals surface area contributed by atoms with Crippen LogP contribution in [0.1, 0.15) is 24.1 Å². The van der Waals surface area contributed by atoms with Crippen molar-refractivity contribution in [2.45, 2.75) is 18.7 Å². The molecule has 0 saturated heterocycles. The summed E-state index contributed by atoms with van der Waals surface area (Å²) in [6, 6.07) is 15.7. The third-order valence-electron chi connectivity index (χ3n) is 3.63. The zero-order valence-corrected chi connectivity index (χ0v) is 15.1. The maximum atomic E-state index is 12.1. The molecular formula is C19H23NO3S. The summed E-state index contributed by atoms with van der Waals surface area (Å²) in [4.78, 5) is 12.1. The number of hydrogen-bond acceptors (Lipinski definition) is 4. The van der Waals surface area contributed by atoms with Crippen LogP contribution in [0, 0.1) is 0 Å². The molecule has 4 nitrogen and oxygen atoms in total. The highest BCUT2D eigenvalue weighted by Gasteiger charge is 2.12. The molecule has 24 heavy (non-hydrogen) atoms. The Morgan fingerprint density at radius 1 is 1.08 bits per heavy atom. The zero-order valence-electron chi connectivity index (χ0n) is 14.2. The SMILES string of the molecule is COc1ccc(C(C)NC(=O)CSCc2ccccc2)cc1OC. The standard InChI is InChI=1S/C19H23NO3S/c1-14(16-9-10-17(22-2)18(11-16)23-3)20-19(21)13-24-12-15-7-5-4-6-8-15/h4-11,14H,12-13H2,1-3H3,(H,20,21). The van der Waals surface area contributed by atoms with Gasteiger partial charge >= 0.3 is 0 Å². The number of carbonyl (C=O) groups excluding carboxylic acids is 1. The van der Waals surface area contributed by atoms with E-state index in [2.05, 4.69) is 17.4 Å². The van der Waals surface area contributed by atoms with Crippen molar-refractivity contribution in [3.8, 4) is 11.5 Å². The van der Waals surface area contributed by atoms with Crippen LogP contribution in [0.5, 0.6) is 11.5 Å². The van der Waals surface area contributed by atoms with Gasteiger partial charge in [0.2, 0.25) is 5.91 Å². The Morgan fingerprint density at radius 3 is 2.46 bits per heavy atom. The van der Waals surface area contributed by atoms with Crippen molar-refractivity contribution in [3.05, 3.63) is 59.7 Å². The summed E-state index contributed by atoms with van der Waals surface area (Å²) in [6.07, 6.45) is 0. The smallest absolute Gasteiger partial charge is 0.230 e. The molecule has 2 rings (SSSR count). The molecule has 0 aromatic heterocycles. The highest BCUT2D eigenvalue weighted by Crippen LogP contribution is 2.29. The number of carbonyl (C=O) groups is 1. The van der Waals surface area contributed by atoms with Crippen LogP contribution in [0.4, 0.5) is 0 Å². The maximum Gasteiger partial charge on any atom is 0.230 e. The highest BCUT2D eigenvalue weighted by molar-refractivity contribution is 7.99. The van der Waals surface area contributed by atoms with E-state index < -0.39 is 0 Å². The second-order valence-electron chi connectivity index (χ2n) is 5.38. The first kappa shape index (κ1) is 18.2. The molecule has 0 spiro atoms. The van der Waals surface area contributed by atoms with E-state index in [1.807, 2.05) is 43.3 Å². The van der Waals surface area contributed by atoms with Gasteiger partial charge in [-0.3, -0.25) is 4.79 Å². The van der Waals surface area contributed by atoms with Crippen LogP contribution < -0.4 is 14.8 Å². The van der Waals surface area contributed by atoms with E-state index in [9.17, 15) is 4.79 Å². The van der Waals surface area contributed by atoms with E-state index in [0.29, 0.717) is 17.3 Å². The van der Waals surface area contributed by atoms with Gasteiger partial charge in [0.05, 0.1) is 26.0 Å². The summed E-state index contributed by atoms with van der Waals surface area (Å²) in [5.41, 5.74) is 2.21. The zero-order chi connectivity index (χ0) is 17.4. The van der Waals surface area contributed by atoms with E-state index in [4.69, 9.17) is 9.47 Å². The summed E-state index contributed by atoms with van der Waals surface area (Å²) in [5.74, 6) is 2.64. The topological polar surface area (TPSA) is 47.6 Å². The van der Waals surface area contributed by atoms with Gasteiger partial charge in [-0.25, -0.2) is 0 Å². The molecule has 1 N–H and O–H groups in total. The number of amides is 1. The quantitative estimate of drug-likeness (QED) is 0.790. The minimum atomic E-state index is -0.0883. The summed E-state index contributed by atoms with van der Waals surface area (Å²) in [5, 5.41) is 3.02. The lowest BCUT2D eigenvalue weighted by molar-refractivity contribution is -0.119. The third kappa shape index (κ3) is 5.20. The third-order valence-corrected chi connectivity index (χ3v) is 4.63. The Kier molecular flexibility index (Phi) is 7.00. The first-order valence-electron chi connectivity index (χ1n) is 7.77. The lowest BCUT2D eigenvalue weighted by Gasteiger charge is -2.16. The Labute approximate surface area is 147 Å². The molecule has 5 heteroatoms. The Hall–Kier alpha value is -2.14. The molecular weight excluding hydrogens is 322 g/mol.